The molecule has 0 aromatic heterocycles. The first-order chi connectivity index (χ1) is 8.63. The fourth-order valence-electron chi connectivity index (χ4n) is 2.61. The van der Waals surface area contributed by atoms with Crippen LogP contribution >= 0.6 is 0 Å². The fourth-order valence-corrected chi connectivity index (χ4v) is 2.61. The number of hydrogen-bond donors (Lipinski definition) is 2. The molecule has 0 amide bonds. The molecule has 1 heterocycles. The Kier molecular flexibility index (Phi) is 3.97. The number of ether oxygens (including phenoxy) is 1. The Balaban J connectivity index is 2.10. The average Bonchev–Trinajstić information content (AvgIpc) is 2.39. The van der Waals surface area contributed by atoms with Crippen LogP contribution in [0.4, 0.5) is 11.4 Å². The zero-order chi connectivity index (χ0) is 13.1. The van der Waals surface area contributed by atoms with Crippen molar-refractivity contribution in [2.24, 2.45) is 5.92 Å². The van der Waals surface area contributed by atoms with E-state index < -0.39 is 0 Å². The number of nitrogens with zero attached hydrogens (tertiary/aromatic N) is 1. The van der Waals surface area contributed by atoms with Gasteiger partial charge < -0.3 is 20.5 Å². The lowest BCUT2D eigenvalue weighted by Gasteiger charge is -2.35. The predicted octanol–water partition coefficient (Wildman–Crippen LogP) is 1.87. The third-order valence-corrected chi connectivity index (χ3v) is 3.83. The molecule has 1 saturated heterocycles. The van der Waals surface area contributed by atoms with E-state index in [1.807, 2.05) is 25.1 Å². The van der Waals surface area contributed by atoms with Crippen molar-refractivity contribution in [2.45, 2.75) is 25.9 Å². The van der Waals surface area contributed by atoms with E-state index in [0.717, 1.165) is 37.4 Å². The van der Waals surface area contributed by atoms with Crippen LogP contribution in [0, 0.1) is 5.92 Å². The number of aliphatic hydroxyl groups excluding tert-OH is 1. The lowest BCUT2D eigenvalue weighted by molar-refractivity contribution is 0.110. The molecule has 1 aromatic carbocycles. The number of benzene rings is 1. The van der Waals surface area contributed by atoms with Crippen molar-refractivity contribution in [3.05, 3.63) is 18.2 Å². The summed E-state index contributed by atoms with van der Waals surface area (Å²) < 4.78 is 5.24. The topological polar surface area (TPSA) is 58.7 Å². The van der Waals surface area contributed by atoms with Crippen LogP contribution in [0.5, 0.6) is 5.75 Å². The fraction of sp³-hybridized carbons (Fsp3) is 0.571. The van der Waals surface area contributed by atoms with Crippen molar-refractivity contribution in [1.29, 1.82) is 0 Å². The summed E-state index contributed by atoms with van der Waals surface area (Å²) in [7, 11) is 1.63. The summed E-state index contributed by atoms with van der Waals surface area (Å²) in [5.74, 6) is 1.14. The van der Waals surface area contributed by atoms with Gasteiger partial charge in [-0.25, -0.2) is 0 Å². The molecule has 1 aliphatic heterocycles. The van der Waals surface area contributed by atoms with Crippen molar-refractivity contribution >= 4 is 11.4 Å². The molecule has 100 valence electrons. The smallest absolute Gasteiger partial charge is 0.143 e. The van der Waals surface area contributed by atoms with Gasteiger partial charge in [-0.3, -0.25) is 0 Å². The lowest BCUT2D eigenvalue weighted by atomic mass is 9.92. The van der Waals surface area contributed by atoms with E-state index in [-0.39, 0.29) is 6.10 Å². The van der Waals surface area contributed by atoms with Crippen LogP contribution in [0.15, 0.2) is 18.2 Å². The molecule has 0 bridgehead atoms. The second-order valence-electron chi connectivity index (χ2n) is 4.96. The molecule has 18 heavy (non-hydrogen) atoms. The Morgan fingerprint density at radius 3 is 2.61 bits per heavy atom. The van der Waals surface area contributed by atoms with Crippen molar-refractivity contribution in [1.82, 2.24) is 0 Å². The summed E-state index contributed by atoms with van der Waals surface area (Å²) in [4.78, 5) is 2.27. The molecule has 0 radical (unpaired) electrons. The lowest BCUT2D eigenvalue weighted by Crippen LogP contribution is -2.37. The molecular formula is C14H22N2O2. The largest absolute Gasteiger partial charge is 0.495 e. The molecule has 4 nitrogen and oxygen atoms in total. The van der Waals surface area contributed by atoms with Crippen LogP contribution in [0.1, 0.15) is 19.8 Å². The molecule has 0 spiro atoms. The molecule has 1 aliphatic rings. The molecule has 1 fully saturated rings. The van der Waals surface area contributed by atoms with E-state index in [9.17, 15) is 5.11 Å². The predicted molar refractivity (Wildman–Crippen MR) is 74.0 cm³/mol. The zero-order valence-corrected chi connectivity index (χ0v) is 11.1. The minimum absolute atomic E-state index is 0.213. The first kappa shape index (κ1) is 13.0. The van der Waals surface area contributed by atoms with E-state index in [1.54, 1.807) is 7.11 Å². The normalized spacial score (nSPS) is 18.7. The van der Waals surface area contributed by atoms with E-state index in [2.05, 4.69) is 4.90 Å². The minimum atomic E-state index is -0.213. The summed E-state index contributed by atoms with van der Waals surface area (Å²) in [5.41, 5.74) is 7.85. The number of rotatable bonds is 3. The Hall–Kier alpha value is -1.42. The monoisotopic (exact) mass is 250 g/mol. The van der Waals surface area contributed by atoms with E-state index in [4.69, 9.17) is 10.5 Å². The second kappa shape index (κ2) is 5.48. The number of hydrogen-bond acceptors (Lipinski definition) is 4. The Labute approximate surface area is 108 Å². The molecular weight excluding hydrogens is 228 g/mol. The van der Waals surface area contributed by atoms with Crippen LogP contribution in [0.2, 0.25) is 0 Å². The van der Waals surface area contributed by atoms with Crippen molar-refractivity contribution in [3.63, 3.8) is 0 Å². The number of nitrogens with two attached hydrogens (primary N) is 1. The number of methoxy groups -OCH3 is 1. The van der Waals surface area contributed by atoms with Crippen LogP contribution in [0.25, 0.3) is 0 Å². The summed E-state index contributed by atoms with van der Waals surface area (Å²) in [6.45, 7) is 3.75. The van der Waals surface area contributed by atoms with Crippen molar-refractivity contribution in [3.8, 4) is 5.75 Å². The van der Waals surface area contributed by atoms with Crippen LogP contribution in [0.3, 0.4) is 0 Å². The maximum Gasteiger partial charge on any atom is 0.143 e. The van der Waals surface area contributed by atoms with Crippen LogP contribution < -0.4 is 15.4 Å². The van der Waals surface area contributed by atoms with E-state index in [1.165, 1.54) is 0 Å². The van der Waals surface area contributed by atoms with Gasteiger partial charge >= 0.3 is 0 Å². The van der Waals surface area contributed by atoms with Gasteiger partial charge in [-0.1, -0.05) is 6.07 Å². The maximum absolute atomic E-state index is 9.61. The van der Waals surface area contributed by atoms with Gasteiger partial charge in [-0.2, -0.15) is 0 Å². The summed E-state index contributed by atoms with van der Waals surface area (Å²) in [6, 6.07) is 5.87. The third-order valence-electron chi connectivity index (χ3n) is 3.83. The SMILES string of the molecule is COc1cccc(N2CCC(C(C)O)CC2)c1N. The highest BCUT2D eigenvalue weighted by atomic mass is 16.5. The quantitative estimate of drug-likeness (QED) is 0.804. The summed E-state index contributed by atoms with van der Waals surface area (Å²) in [5, 5.41) is 9.61. The molecule has 1 aromatic rings. The van der Waals surface area contributed by atoms with Gasteiger partial charge in [0.2, 0.25) is 0 Å². The van der Waals surface area contributed by atoms with Crippen molar-refractivity contribution in [2.75, 3.05) is 30.8 Å². The van der Waals surface area contributed by atoms with E-state index in [0.29, 0.717) is 11.6 Å². The standard InChI is InChI=1S/C14H22N2O2/c1-10(17)11-6-8-16(9-7-11)12-4-3-5-13(18-2)14(12)15/h3-5,10-11,17H,6-9,15H2,1-2H3. The highest BCUT2D eigenvalue weighted by Gasteiger charge is 2.24. The van der Waals surface area contributed by atoms with Gasteiger partial charge in [0.05, 0.1) is 24.6 Å². The molecule has 2 rings (SSSR count). The molecule has 4 heteroatoms. The average molecular weight is 250 g/mol. The molecule has 0 aliphatic carbocycles. The molecule has 3 N–H and O–H groups in total. The number of piperidine rings is 1. The highest BCUT2D eigenvalue weighted by molar-refractivity contribution is 5.74. The zero-order valence-electron chi connectivity index (χ0n) is 11.1. The number of nitrogen functional groups attached to an aromatic ring is 1. The van der Waals surface area contributed by atoms with Gasteiger partial charge in [-0.05, 0) is 37.8 Å². The van der Waals surface area contributed by atoms with E-state index >= 15 is 0 Å². The maximum atomic E-state index is 9.61. The molecule has 1 atom stereocenters. The van der Waals surface area contributed by atoms with Gasteiger partial charge in [0.1, 0.15) is 5.75 Å². The van der Waals surface area contributed by atoms with Gasteiger partial charge in [-0.15, -0.1) is 0 Å². The van der Waals surface area contributed by atoms with Crippen LogP contribution in [-0.2, 0) is 0 Å². The third kappa shape index (κ3) is 2.53. The molecule has 1 unspecified atom stereocenters. The Morgan fingerprint density at radius 1 is 1.39 bits per heavy atom. The molecule has 0 saturated carbocycles. The van der Waals surface area contributed by atoms with Crippen LogP contribution in [-0.4, -0.2) is 31.4 Å². The number of para-hydroxylation sites is 1. The van der Waals surface area contributed by atoms with Gasteiger partial charge in [0, 0.05) is 13.1 Å². The minimum Gasteiger partial charge on any atom is -0.495 e. The first-order valence-electron chi connectivity index (χ1n) is 6.49. The van der Waals surface area contributed by atoms with Gasteiger partial charge in [0.15, 0.2) is 0 Å². The summed E-state index contributed by atoms with van der Waals surface area (Å²) >= 11 is 0. The Morgan fingerprint density at radius 2 is 2.06 bits per heavy atom. The van der Waals surface area contributed by atoms with Gasteiger partial charge in [0.25, 0.3) is 0 Å². The highest BCUT2D eigenvalue weighted by Crippen LogP contribution is 2.34. The first-order valence-corrected chi connectivity index (χ1v) is 6.49. The summed E-state index contributed by atoms with van der Waals surface area (Å²) in [6.07, 6.45) is 1.80. The number of aliphatic hydroxyl groups is 1. The number of anilines is 2. The van der Waals surface area contributed by atoms with Crippen molar-refractivity contribution < 1.29 is 9.84 Å². The Bertz CT molecular complexity index is 399. The second-order valence-corrected chi connectivity index (χ2v) is 4.96.